The lowest BCUT2D eigenvalue weighted by atomic mass is 10.0. The van der Waals surface area contributed by atoms with Gasteiger partial charge < -0.3 is 10.5 Å². The van der Waals surface area contributed by atoms with E-state index in [1.807, 2.05) is 0 Å². The summed E-state index contributed by atoms with van der Waals surface area (Å²) in [5, 5.41) is 0. The average Bonchev–Trinajstić information content (AvgIpc) is 2.16. The van der Waals surface area contributed by atoms with Crippen LogP contribution < -0.4 is 10.5 Å². The molecule has 1 aromatic rings. The molecular formula is C11H12BrF2NO. The molecule has 2 nitrogen and oxygen atoms in total. The van der Waals surface area contributed by atoms with Gasteiger partial charge in [-0.15, -0.1) is 6.58 Å². The van der Waals surface area contributed by atoms with Gasteiger partial charge in [0.05, 0.1) is 0 Å². The summed E-state index contributed by atoms with van der Waals surface area (Å²) in [6.45, 7) is 0.705. The maximum Gasteiger partial charge on any atom is 0.387 e. The number of ether oxygens (including phenoxy) is 1. The van der Waals surface area contributed by atoms with Crippen LogP contribution in [-0.2, 0) is 0 Å². The topological polar surface area (TPSA) is 35.2 Å². The number of nitrogens with two attached hydrogens (primary N) is 1. The molecule has 1 rings (SSSR count). The molecule has 0 aromatic heterocycles. The zero-order valence-corrected chi connectivity index (χ0v) is 10.1. The van der Waals surface area contributed by atoms with Gasteiger partial charge in [0.25, 0.3) is 0 Å². The van der Waals surface area contributed by atoms with E-state index in [0.717, 1.165) is 0 Å². The van der Waals surface area contributed by atoms with Crippen LogP contribution in [0, 0.1) is 0 Å². The molecule has 0 heterocycles. The molecule has 0 aliphatic rings. The fourth-order valence-electron chi connectivity index (χ4n) is 1.37. The molecule has 0 aliphatic heterocycles. The molecule has 88 valence electrons. The Kier molecular flexibility index (Phi) is 4.89. The molecule has 1 aromatic carbocycles. The largest absolute Gasteiger partial charge is 0.434 e. The van der Waals surface area contributed by atoms with Crippen molar-refractivity contribution in [3.63, 3.8) is 0 Å². The molecule has 0 fully saturated rings. The summed E-state index contributed by atoms with van der Waals surface area (Å²) in [6.07, 6.45) is 2.12. The van der Waals surface area contributed by atoms with E-state index >= 15 is 0 Å². The highest BCUT2D eigenvalue weighted by Gasteiger charge is 2.17. The van der Waals surface area contributed by atoms with Crippen molar-refractivity contribution < 1.29 is 13.5 Å². The second-order valence-electron chi connectivity index (χ2n) is 3.16. The lowest BCUT2D eigenvalue weighted by Crippen LogP contribution is -2.13. The predicted molar refractivity (Wildman–Crippen MR) is 62.5 cm³/mol. The summed E-state index contributed by atoms with van der Waals surface area (Å²) in [5.74, 6) is 0.0960. The second-order valence-corrected chi connectivity index (χ2v) is 4.02. The van der Waals surface area contributed by atoms with Gasteiger partial charge >= 0.3 is 6.61 Å². The summed E-state index contributed by atoms with van der Waals surface area (Å²) in [5.41, 5.74) is 6.39. The maximum absolute atomic E-state index is 12.2. The Bertz CT molecular complexity index is 371. The Balaban J connectivity index is 3.07. The highest BCUT2D eigenvalue weighted by Crippen LogP contribution is 2.33. The molecule has 0 amide bonds. The first-order chi connectivity index (χ1) is 7.56. The Morgan fingerprint density at radius 1 is 1.50 bits per heavy atom. The molecule has 0 radical (unpaired) electrons. The lowest BCUT2D eigenvalue weighted by molar-refractivity contribution is -0.0506. The van der Waals surface area contributed by atoms with E-state index in [-0.39, 0.29) is 5.75 Å². The fraction of sp³-hybridized carbons (Fsp3) is 0.273. The highest BCUT2D eigenvalue weighted by molar-refractivity contribution is 9.10. The normalized spacial score (nSPS) is 12.6. The second kappa shape index (κ2) is 5.96. The first-order valence-corrected chi connectivity index (χ1v) is 5.45. The standard InChI is InChI=1S/C11H12BrF2NO/c1-2-4-8(15)10-7(12)5-3-6-9(10)16-11(13)14/h2-3,5-6,8,11H,1,4,15H2/t8-/m0/s1. The van der Waals surface area contributed by atoms with Crippen molar-refractivity contribution in [2.24, 2.45) is 5.73 Å². The lowest BCUT2D eigenvalue weighted by Gasteiger charge is -2.17. The third kappa shape index (κ3) is 3.28. The number of alkyl halides is 2. The smallest absolute Gasteiger partial charge is 0.387 e. The first kappa shape index (κ1) is 13.1. The van der Waals surface area contributed by atoms with Crippen molar-refractivity contribution in [2.45, 2.75) is 19.1 Å². The van der Waals surface area contributed by atoms with Crippen LogP contribution >= 0.6 is 15.9 Å². The molecule has 0 spiro atoms. The Hall–Kier alpha value is -0.940. The number of hydrogen-bond acceptors (Lipinski definition) is 2. The quantitative estimate of drug-likeness (QED) is 0.841. The maximum atomic E-state index is 12.2. The van der Waals surface area contributed by atoms with Crippen LogP contribution in [0.2, 0.25) is 0 Å². The van der Waals surface area contributed by atoms with Gasteiger partial charge in [-0.05, 0) is 18.6 Å². The van der Waals surface area contributed by atoms with Gasteiger partial charge in [0.1, 0.15) is 5.75 Å². The zero-order chi connectivity index (χ0) is 12.1. The van der Waals surface area contributed by atoms with E-state index in [2.05, 4.69) is 27.2 Å². The fourth-order valence-corrected chi connectivity index (χ4v) is 2.02. The monoisotopic (exact) mass is 291 g/mol. The predicted octanol–water partition coefficient (Wildman–Crippen LogP) is 3.63. The third-order valence-electron chi connectivity index (χ3n) is 2.02. The number of benzene rings is 1. The van der Waals surface area contributed by atoms with Crippen molar-refractivity contribution in [3.05, 3.63) is 40.9 Å². The van der Waals surface area contributed by atoms with Gasteiger partial charge in [-0.25, -0.2) is 0 Å². The molecule has 0 unspecified atom stereocenters. The Labute approximate surface area is 101 Å². The van der Waals surface area contributed by atoms with E-state index in [1.54, 1.807) is 18.2 Å². The van der Waals surface area contributed by atoms with Crippen LogP contribution in [-0.4, -0.2) is 6.61 Å². The van der Waals surface area contributed by atoms with E-state index in [9.17, 15) is 8.78 Å². The number of hydrogen-bond donors (Lipinski definition) is 1. The van der Waals surface area contributed by atoms with Crippen LogP contribution in [0.25, 0.3) is 0 Å². The highest BCUT2D eigenvalue weighted by atomic mass is 79.9. The van der Waals surface area contributed by atoms with Gasteiger partial charge in [-0.3, -0.25) is 0 Å². The Morgan fingerprint density at radius 3 is 2.75 bits per heavy atom. The van der Waals surface area contributed by atoms with Crippen molar-refractivity contribution in [1.29, 1.82) is 0 Å². The van der Waals surface area contributed by atoms with Gasteiger partial charge in [0.15, 0.2) is 0 Å². The number of halogens is 3. The van der Waals surface area contributed by atoms with E-state index in [4.69, 9.17) is 5.73 Å². The van der Waals surface area contributed by atoms with E-state index in [1.165, 1.54) is 6.07 Å². The number of rotatable bonds is 5. The molecule has 2 N–H and O–H groups in total. The van der Waals surface area contributed by atoms with Crippen LogP contribution in [0.4, 0.5) is 8.78 Å². The van der Waals surface area contributed by atoms with Crippen LogP contribution in [0.5, 0.6) is 5.75 Å². The Morgan fingerprint density at radius 2 is 2.19 bits per heavy atom. The zero-order valence-electron chi connectivity index (χ0n) is 8.50. The molecular weight excluding hydrogens is 280 g/mol. The van der Waals surface area contributed by atoms with Gasteiger partial charge in [0, 0.05) is 16.1 Å². The van der Waals surface area contributed by atoms with Crippen LogP contribution in [0.1, 0.15) is 18.0 Å². The molecule has 1 atom stereocenters. The SMILES string of the molecule is C=CC[C@H](N)c1c(Br)cccc1OC(F)F. The summed E-state index contributed by atoms with van der Waals surface area (Å²) in [4.78, 5) is 0. The first-order valence-electron chi connectivity index (χ1n) is 4.66. The minimum atomic E-state index is -2.86. The van der Waals surface area contributed by atoms with Crippen LogP contribution in [0.15, 0.2) is 35.3 Å². The van der Waals surface area contributed by atoms with Crippen molar-refractivity contribution >= 4 is 15.9 Å². The molecule has 16 heavy (non-hydrogen) atoms. The van der Waals surface area contributed by atoms with Crippen LogP contribution in [0.3, 0.4) is 0 Å². The molecule has 5 heteroatoms. The minimum Gasteiger partial charge on any atom is -0.434 e. The van der Waals surface area contributed by atoms with Gasteiger partial charge in [-0.1, -0.05) is 28.1 Å². The third-order valence-corrected chi connectivity index (χ3v) is 2.71. The average molecular weight is 292 g/mol. The molecule has 0 saturated heterocycles. The minimum absolute atomic E-state index is 0.0960. The molecule has 0 bridgehead atoms. The van der Waals surface area contributed by atoms with E-state index < -0.39 is 12.7 Å². The van der Waals surface area contributed by atoms with Crippen molar-refractivity contribution in [1.82, 2.24) is 0 Å². The summed E-state index contributed by atoms with van der Waals surface area (Å²) in [6, 6.07) is 4.40. The van der Waals surface area contributed by atoms with Crippen molar-refractivity contribution in [2.75, 3.05) is 0 Å². The summed E-state index contributed by atoms with van der Waals surface area (Å²) in [7, 11) is 0. The molecule has 0 saturated carbocycles. The summed E-state index contributed by atoms with van der Waals surface area (Å²) < 4.78 is 29.4. The van der Waals surface area contributed by atoms with E-state index in [0.29, 0.717) is 16.5 Å². The summed E-state index contributed by atoms with van der Waals surface area (Å²) >= 11 is 3.27. The molecule has 0 aliphatic carbocycles. The van der Waals surface area contributed by atoms with Gasteiger partial charge in [-0.2, -0.15) is 8.78 Å². The van der Waals surface area contributed by atoms with Gasteiger partial charge in [0.2, 0.25) is 0 Å². The van der Waals surface area contributed by atoms with Crippen molar-refractivity contribution in [3.8, 4) is 5.75 Å².